The zero-order chi connectivity index (χ0) is 23.7. The Bertz CT molecular complexity index is 1300. The van der Waals surface area contributed by atoms with Crippen LogP contribution in [0.4, 0.5) is 21.5 Å². The lowest BCUT2D eigenvalue weighted by Crippen LogP contribution is -2.32. The third kappa shape index (κ3) is 4.49. The predicted octanol–water partition coefficient (Wildman–Crippen LogP) is 5.14. The average Bonchev–Trinajstić information content (AvgIpc) is 3.00. The van der Waals surface area contributed by atoms with Gasteiger partial charge in [-0.3, -0.25) is 14.4 Å². The van der Waals surface area contributed by atoms with E-state index in [1.165, 1.54) is 31.2 Å². The van der Waals surface area contributed by atoms with E-state index in [-0.39, 0.29) is 22.9 Å². The number of nitrogens with zero attached hydrogens (tertiary/aromatic N) is 1. The van der Waals surface area contributed by atoms with Crippen molar-refractivity contribution in [2.45, 2.75) is 13.8 Å². The molecule has 1 aliphatic heterocycles. The molecule has 8 heteroatoms. The maximum absolute atomic E-state index is 13.4. The molecule has 0 spiro atoms. The van der Waals surface area contributed by atoms with Gasteiger partial charge in [0.15, 0.2) is 0 Å². The fourth-order valence-electron chi connectivity index (χ4n) is 3.56. The highest BCUT2D eigenvalue weighted by Gasteiger charge is 2.40. The first-order valence-corrected chi connectivity index (χ1v) is 10.4. The fraction of sp³-hybridized carbons (Fsp3) is 0.0800. The van der Waals surface area contributed by atoms with Gasteiger partial charge < -0.3 is 10.6 Å². The second-order valence-corrected chi connectivity index (χ2v) is 7.95. The fourth-order valence-corrected chi connectivity index (χ4v) is 3.79. The Morgan fingerprint density at radius 1 is 0.939 bits per heavy atom. The summed E-state index contributed by atoms with van der Waals surface area (Å²) < 4.78 is 13.4. The van der Waals surface area contributed by atoms with Crippen molar-refractivity contribution in [1.29, 1.82) is 0 Å². The summed E-state index contributed by atoms with van der Waals surface area (Å²) in [5, 5.41) is 6.30. The molecule has 2 N–H and O–H groups in total. The standard InChI is InChI=1S/C25H19ClFN3O3/c1-14-13-17(26)5-12-21(14)29-23-22(16-3-8-19(9-4-16)28-15(2)31)24(32)30(25(23)33)20-10-6-18(27)7-11-20/h3-13,29H,1-2H3,(H,28,31). The van der Waals surface area contributed by atoms with Crippen molar-refractivity contribution in [3.05, 3.63) is 94.4 Å². The summed E-state index contributed by atoms with van der Waals surface area (Å²) in [6.07, 6.45) is 0. The summed E-state index contributed by atoms with van der Waals surface area (Å²) in [5.74, 6) is -1.82. The van der Waals surface area contributed by atoms with Crippen molar-refractivity contribution in [3.63, 3.8) is 0 Å². The lowest BCUT2D eigenvalue weighted by Gasteiger charge is -2.15. The molecule has 166 valence electrons. The Hall–Kier alpha value is -3.97. The van der Waals surface area contributed by atoms with Crippen LogP contribution in [0.15, 0.2) is 72.4 Å². The van der Waals surface area contributed by atoms with Crippen LogP contribution >= 0.6 is 11.6 Å². The number of aryl methyl sites for hydroxylation is 1. The Balaban J connectivity index is 1.80. The van der Waals surface area contributed by atoms with E-state index in [9.17, 15) is 18.8 Å². The summed E-state index contributed by atoms with van der Waals surface area (Å²) in [6.45, 7) is 3.22. The van der Waals surface area contributed by atoms with E-state index in [0.717, 1.165) is 10.5 Å². The third-order valence-electron chi connectivity index (χ3n) is 5.11. The summed E-state index contributed by atoms with van der Waals surface area (Å²) in [4.78, 5) is 39.1. The van der Waals surface area contributed by atoms with Gasteiger partial charge in [0, 0.05) is 23.3 Å². The van der Waals surface area contributed by atoms with Crippen molar-refractivity contribution in [3.8, 4) is 0 Å². The van der Waals surface area contributed by atoms with Crippen LogP contribution in [0, 0.1) is 12.7 Å². The van der Waals surface area contributed by atoms with Gasteiger partial charge in [0.1, 0.15) is 11.5 Å². The van der Waals surface area contributed by atoms with Crippen molar-refractivity contribution in [2.24, 2.45) is 0 Å². The van der Waals surface area contributed by atoms with Crippen LogP contribution < -0.4 is 15.5 Å². The molecule has 0 radical (unpaired) electrons. The number of hydrogen-bond acceptors (Lipinski definition) is 4. The topological polar surface area (TPSA) is 78.5 Å². The third-order valence-corrected chi connectivity index (χ3v) is 5.35. The Kier molecular flexibility index (Phi) is 5.98. The summed E-state index contributed by atoms with van der Waals surface area (Å²) in [6, 6.07) is 16.9. The highest BCUT2D eigenvalue weighted by molar-refractivity contribution is 6.46. The zero-order valence-electron chi connectivity index (χ0n) is 17.8. The van der Waals surface area contributed by atoms with E-state index in [4.69, 9.17) is 11.6 Å². The minimum atomic E-state index is -0.568. The molecule has 6 nitrogen and oxygen atoms in total. The predicted molar refractivity (Wildman–Crippen MR) is 126 cm³/mol. The first-order valence-electron chi connectivity index (χ1n) is 10.0. The number of amides is 3. The van der Waals surface area contributed by atoms with E-state index in [1.54, 1.807) is 42.5 Å². The number of benzene rings is 3. The molecular formula is C25H19ClFN3O3. The number of anilines is 3. The van der Waals surface area contributed by atoms with Gasteiger partial charge >= 0.3 is 0 Å². The van der Waals surface area contributed by atoms with Gasteiger partial charge in [0.05, 0.1) is 11.3 Å². The molecule has 0 saturated carbocycles. The molecular weight excluding hydrogens is 445 g/mol. The average molecular weight is 464 g/mol. The van der Waals surface area contributed by atoms with Gasteiger partial charge in [-0.05, 0) is 72.6 Å². The number of nitrogens with one attached hydrogen (secondary N) is 2. The molecule has 0 aliphatic carbocycles. The molecule has 0 aromatic heterocycles. The summed E-state index contributed by atoms with van der Waals surface area (Å²) in [5.41, 5.74) is 2.95. The van der Waals surface area contributed by atoms with Crippen molar-refractivity contribution >= 4 is 52.0 Å². The first-order chi connectivity index (χ1) is 15.7. The van der Waals surface area contributed by atoms with Crippen molar-refractivity contribution in [1.82, 2.24) is 0 Å². The van der Waals surface area contributed by atoms with E-state index in [0.29, 0.717) is 22.0 Å². The van der Waals surface area contributed by atoms with Gasteiger partial charge in [-0.1, -0.05) is 23.7 Å². The molecule has 3 aromatic rings. The largest absolute Gasteiger partial charge is 0.350 e. The summed E-state index contributed by atoms with van der Waals surface area (Å²) >= 11 is 6.05. The van der Waals surface area contributed by atoms with Gasteiger partial charge in [0.2, 0.25) is 5.91 Å². The van der Waals surface area contributed by atoms with E-state index in [1.807, 2.05) is 6.92 Å². The SMILES string of the molecule is CC(=O)Nc1ccc(C2=C(Nc3ccc(Cl)cc3C)C(=O)N(c3ccc(F)cc3)C2=O)cc1. The van der Waals surface area contributed by atoms with Crippen LogP contribution in [0.2, 0.25) is 5.02 Å². The second-order valence-electron chi connectivity index (χ2n) is 7.51. The lowest BCUT2D eigenvalue weighted by atomic mass is 10.0. The van der Waals surface area contributed by atoms with Gasteiger partial charge in [0.25, 0.3) is 11.8 Å². The molecule has 3 amide bonds. The van der Waals surface area contributed by atoms with Gasteiger partial charge in [-0.25, -0.2) is 9.29 Å². The minimum Gasteiger partial charge on any atom is -0.350 e. The number of rotatable bonds is 5. The van der Waals surface area contributed by atoms with Crippen LogP contribution in [0.1, 0.15) is 18.1 Å². The minimum absolute atomic E-state index is 0.0852. The smallest absolute Gasteiger partial charge is 0.282 e. The molecule has 0 bridgehead atoms. The van der Waals surface area contributed by atoms with E-state index in [2.05, 4.69) is 10.6 Å². The molecule has 1 aliphatic rings. The van der Waals surface area contributed by atoms with Crippen LogP contribution in [-0.4, -0.2) is 17.7 Å². The monoisotopic (exact) mass is 463 g/mol. The highest BCUT2D eigenvalue weighted by Crippen LogP contribution is 2.35. The zero-order valence-corrected chi connectivity index (χ0v) is 18.5. The van der Waals surface area contributed by atoms with Gasteiger partial charge in [-0.15, -0.1) is 0 Å². The molecule has 0 saturated heterocycles. The van der Waals surface area contributed by atoms with Crippen molar-refractivity contribution < 1.29 is 18.8 Å². The second kappa shape index (κ2) is 8.88. The van der Waals surface area contributed by atoms with E-state index < -0.39 is 17.6 Å². The summed E-state index contributed by atoms with van der Waals surface area (Å²) in [7, 11) is 0. The molecule has 0 fully saturated rings. The highest BCUT2D eigenvalue weighted by atomic mass is 35.5. The van der Waals surface area contributed by atoms with Crippen LogP contribution in [-0.2, 0) is 14.4 Å². The Labute approximate surface area is 194 Å². The van der Waals surface area contributed by atoms with Gasteiger partial charge in [-0.2, -0.15) is 0 Å². The maximum atomic E-state index is 13.4. The molecule has 3 aromatic carbocycles. The number of halogens is 2. The normalized spacial score (nSPS) is 13.5. The molecule has 0 atom stereocenters. The number of imide groups is 1. The first kappa shape index (κ1) is 22.2. The van der Waals surface area contributed by atoms with Crippen molar-refractivity contribution in [2.75, 3.05) is 15.5 Å². The molecule has 4 rings (SSSR count). The van der Waals surface area contributed by atoms with Crippen LogP contribution in [0.5, 0.6) is 0 Å². The van der Waals surface area contributed by atoms with Crippen LogP contribution in [0.25, 0.3) is 5.57 Å². The lowest BCUT2D eigenvalue weighted by molar-refractivity contribution is -0.120. The number of carbonyl (C=O) groups is 3. The quantitative estimate of drug-likeness (QED) is 0.513. The van der Waals surface area contributed by atoms with Crippen LogP contribution in [0.3, 0.4) is 0 Å². The number of carbonyl (C=O) groups excluding carboxylic acids is 3. The number of hydrogen-bond donors (Lipinski definition) is 2. The van der Waals surface area contributed by atoms with E-state index >= 15 is 0 Å². The molecule has 0 unspecified atom stereocenters. The molecule has 1 heterocycles. The molecule has 33 heavy (non-hydrogen) atoms. The Morgan fingerprint density at radius 2 is 1.61 bits per heavy atom. The Morgan fingerprint density at radius 3 is 2.21 bits per heavy atom. The maximum Gasteiger partial charge on any atom is 0.282 e.